The minimum absolute atomic E-state index is 0.288. The molecule has 0 N–H and O–H groups in total. The molecule has 3 heterocycles. The van der Waals surface area contributed by atoms with Gasteiger partial charge in [-0.15, -0.1) is 0 Å². The summed E-state index contributed by atoms with van der Waals surface area (Å²) in [4.78, 5) is 31.3. The zero-order valence-electron chi connectivity index (χ0n) is 18.9. The third-order valence-corrected chi connectivity index (χ3v) is 7.49. The van der Waals surface area contributed by atoms with Crippen LogP contribution in [0.5, 0.6) is 0 Å². The van der Waals surface area contributed by atoms with E-state index in [1.165, 1.54) is 23.0 Å². The van der Waals surface area contributed by atoms with E-state index < -0.39 is 12.0 Å². The molecule has 6 nitrogen and oxygen atoms in total. The van der Waals surface area contributed by atoms with Crippen molar-refractivity contribution in [1.29, 1.82) is 0 Å². The number of furan rings is 1. The molecule has 36 heavy (non-hydrogen) atoms. The Bertz CT molecular complexity index is 1710. The molecule has 0 saturated heterocycles. The Kier molecular flexibility index (Phi) is 6.66. The van der Waals surface area contributed by atoms with E-state index in [0.29, 0.717) is 52.7 Å². The zero-order chi connectivity index (χ0) is 25.6. The van der Waals surface area contributed by atoms with Crippen LogP contribution in [0.1, 0.15) is 24.3 Å². The number of halogens is 3. The van der Waals surface area contributed by atoms with Gasteiger partial charge in [0.1, 0.15) is 11.5 Å². The van der Waals surface area contributed by atoms with Gasteiger partial charge in [0.2, 0.25) is 0 Å². The molecular weight excluding hydrogens is 543 g/mol. The van der Waals surface area contributed by atoms with Crippen molar-refractivity contribution in [3.05, 3.63) is 112 Å². The van der Waals surface area contributed by atoms with Crippen molar-refractivity contribution in [3.8, 4) is 11.3 Å². The largest absolute Gasteiger partial charge is 0.466 e. The fraction of sp³-hybridized carbons (Fsp3) is 0.115. The number of esters is 1. The van der Waals surface area contributed by atoms with Crippen LogP contribution in [0, 0.1) is 0 Å². The highest BCUT2D eigenvalue weighted by Crippen LogP contribution is 2.33. The van der Waals surface area contributed by atoms with Crippen molar-refractivity contribution in [2.75, 3.05) is 7.11 Å². The highest BCUT2D eigenvalue weighted by atomic mass is 35.5. The molecule has 1 aliphatic heterocycles. The number of thiazole rings is 1. The lowest BCUT2D eigenvalue weighted by Crippen LogP contribution is -2.39. The van der Waals surface area contributed by atoms with Crippen LogP contribution in [0.4, 0.5) is 0 Å². The molecule has 5 rings (SSSR count). The molecular formula is C26H17Cl3N2O4S. The lowest BCUT2D eigenvalue weighted by Gasteiger charge is -2.24. The number of ether oxygens (including phenoxy) is 1. The minimum atomic E-state index is -0.715. The Hall–Kier alpha value is -3.10. The van der Waals surface area contributed by atoms with Gasteiger partial charge in [0, 0.05) is 21.7 Å². The number of hydrogen-bond acceptors (Lipinski definition) is 6. The summed E-state index contributed by atoms with van der Waals surface area (Å²) in [6.07, 6.45) is 1.65. The van der Waals surface area contributed by atoms with E-state index in [2.05, 4.69) is 4.99 Å². The first-order valence-electron chi connectivity index (χ1n) is 10.7. The van der Waals surface area contributed by atoms with Gasteiger partial charge >= 0.3 is 5.97 Å². The number of fused-ring (bicyclic) bond motifs is 1. The molecule has 1 atom stereocenters. The fourth-order valence-electron chi connectivity index (χ4n) is 4.05. The van der Waals surface area contributed by atoms with Crippen LogP contribution in [-0.2, 0) is 9.53 Å². The average molecular weight is 560 g/mol. The summed E-state index contributed by atoms with van der Waals surface area (Å²) in [5.41, 5.74) is 1.85. The van der Waals surface area contributed by atoms with Crippen LogP contribution < -0.4 is 14.9 Å². The number of methoxy groups -OCH3 is 1. The van der Waals surface area contributed by atoms with Gasteiger partial charge in [0.05, 0.1) is 34.0 Å². The topological polar surface area (TPSA) is 73.8 Å². The van der Waals surface area contributed by atoms with Gasteiger partial charge in [-0.3, -0.25) is 9.36 Å². The number of hydrogen-bond donors (Lipinski definition) is 0. The predicted octanol–water partition coefficient (Wildman–Crippen LogP) is 5.63. The number of allylic oxidation sites excluding steroid dienone is 1. The van der Waals surface area contributed by atoms with Crippen LogP contribution >= 0.6 is 46.1 Å². The Labute approximate surface area is 224 Å². The first kappa shape index (κ1) is 24.6. The van der Waals surface area contributed by atoms with Gasteiger partial charge in [-0.2, -0.15) is 0 Å². The van der Waals surface area contributed by atoms with Gasteiger partial charge in [-0.1, -0.05) is 58.3 Å². The van der Waals surface area contributed by atoms with Crippen molar-refractivity contribution in [3.63, 3.8) is 0 Å². The van der Waals surface area contributed by atoms with E-state index in [1.807, 2.05) is 0 Å². The Balaban J connectivity index is 1.64. The summed E-state index contributed by atoms with van der Waals surface area (Å²) in [6, 6.07) is 14.9. The zero-order valence-corrected chi connectivity index (χ0v) is 22.0. The maximum absolute atomic E-state index is 13.6. The lowest BCUT2D eigenvalue weighted by atomic mass is 9.96. The maximum Gasteiger partial charge on any atom is 0.338 e. The number of nitrogens with zero attached hydrogens (tertiary/aromatic N) is 2. The third-order valence-electron chi connectivity index (χ3n) is 5.71. The predicted molar refractivity (Wildman–Crippen MR) is 141 cm³/mol. The van der Waals surface area contributed by atoms with Gasteiger partial charge in [-0.25, -0.2) is 9.79 Å². The number of aromatic nitrogens is 1. The van der Waals surface area contributed by atoms with Crippen LogP contribution in [-0.4, -0.2) is 17.6 Å². The highest BCUT2D eigenvalue weighted by molar-refractivity contribution is 7.07. The quantitative estimate of drug-likeness (QED) is 0.304. The second-order valence-corrected chi connectivity index (χ2v) is 10.2. The maximum atomic E-state index is 13.6. The molecule has 0 radical (unpaired) electrons. The minimum Gasteiger partial charge on any atom is -0.466 e. The molecule has 0 saturated carbocycles. The first-order valence-corrected chi connectivity index (χ1v) is 12.6. The van der Waals surface area contributed by atoms with Gasteiger partial charge in [-0.05, 0) is 55.0 Å². The fourth-order valence-corrected chi connectivity index (χ4v) is 5.70. The lowest BCUT2D eigenvalue weighted by molar-refractivity contribution is -0.136. The van der Waals surface area contributed by atoms with E-state index in [4.69, 9.17) is 44.0 Å². The van der Waals surface area contributed by atoms with Gasteiger partial charge in [0.25, 0.3) is 5.56 Å². The second kappa shape index (κ2) is 9.75. The van der Waals surface area contributed by atoms with Gasteiger partial charge < -0.3 is 9.15 Å². The Morgan fingerprint density at radius 3 is 2.50 bits per heavy atom. The van der Waals surface area contributed by atoms with Crippen molar-refractivity contribution in [1.82, 2.24) is 4.57 Å². The Morgan fingerprint density at radius 1 is 1.08 bits per heavy atom. The molecule has 0 spiro atoms. The highest BCUT2D eigenvalue weighted by Gasteiger charge is 2.33. The van der Waals surface area contributed by atoms with E-state index in [0.717, 1.165) is 0 Å². The van der Waals surface area contributed by atoms with Crippen LogP contribution in [0.15, 0.2) is 80.1 Å². The second-order valence-electron chi connectivity index (χ2n) is 7.95. The summed E-state index contributed by atoms with van der Waals surface area (Å²) >= 11 is 19.6. The van der Waals surface area contributed by atoms with Crippen molar-refractivity contribution in [2.24, 2.45) is 4.99 Å². The van der Waals surface area contributed by atoms with E-state index >= 15 is 0 Å². The SMILES string of the molecule is COC(=O)C1=C(C)N=c2s/c(=C/c3ccc(-c4ccc(Cl)cc4Cl)o3)c(=O)n2C1c1ccc(Cl)cc1. The van der Waals surface area contributed by atoms with Crippen molar-refractivity contribution >= 4 is 58.2 Å². The van der Waals surface area contributed by atoms with E-state index in [-0.39, 0.29) is 11.1 Å². The monoisotopic (exact) mass is 558 g/mol. The smallest absolute Gasteiger partial charge is 0.338 e. The standard InChI is InChI=1S/C26H17Cl3N2O4S/c1-13-22(25(33)34-2)23(14-3-5-15(27)6-4-14)31-24(32)21(36-26(31)30-13)12-17-8-10-20(35-17)18-9-7-16(28)11-19(18)29/h3-12,23H,1-2H3/b21-12+. The molecule has 1 unspecified atom stereocenters. The number of benzene rings is 2. The summed E-state index contributed by atoms with van der Waals surface area (Å²) in [5.74, 6) is 0.452. The van der Waals surface area contributed by atoms with Crippen LogP contribution in [0.25, 0.3) is 17.4 Å². The summed E-state index contributed by atoms with van der Waals surface area (Å²) in [7, 11) is 1.30. The molecule has 0 aliphatic carbocycles. The van der Waals surface area contributed by atoms with Crippen LogP contribution in [0.2, 0.25) is 15.1 Å². The summed E-state index contributed by atoms with van der Waals surface area (Å²) in [6.45, 7) is 1.72. The number of carbonyl (C=O) groups excluding carboxylic acids is 1. The number of carbonyl (C=O) groups is 1. The normalized spacial score (nSPS) is 15.6. The third kappa shape index (κ3) is 4.44. The van der Waals surface area contributed by atoms with Crippen molar-refractivity contribution < 1.29 is 13.9 Å². The first-order chi connectivity index (χ1) is 17.3. The summed E-state index contributed by atoms with van der Waals surface area (Å²) < 4.78 is 12.9. The van der Waals surface area contributed by atoms with Crippen LogP contribution in [0.3, 0.4) is 0 Å². The molecule has 0 fully saturated rings. The molecule has 0 bridgehead atoms. The van der Waals surface area contributed by atoms with Crippen molar-refractivity contribution in [2.45, 2.75) is 13.0 Å². The Morgan fingerprint density at radius 2 is 1.81 bits per heavy atom. The molecule has 2 aromatic heterocycles. The number of rotatable bonds is 4. The molecule has 4 aromatic rings. The molecule has 182 valence electrons. The van der Waals surface area contributed by atoms with Gasteiger partial charge in [0.15, 0.2) is 4.80 Å². The molecule has 2 aromatic carbocycles. The average Bonchev–Trinajstić information content (AvgIpc) is 3.43. The van der Waals surface area contributed by atoms with E-state index in [9.17, 15) is 9.59 Å². The molecule has 1 aliphatic rings. The molecule has 0 amide bonds. The summed E-state index contributed by atoms with van der Waals surface area (Å²) in [5, 5.41) is 1.52. The molecule has 10 heteroatoms. The van der Waals surface area contributed by atoms with E-state index in [1.54, 1.807) is 67.6 Å².